The van der Waals surface area contributed by atoms with Gasteiger partial charge < -0.3 is 9.47 Å². The molecule has 14 heteroatoms. The van der Waals surface area contributed by atoms with Crippen LogP contribution < -0.4 is 0 Å². The first-order valence-electron chi connectivity index (χ1n) is 6.13. The SMILES string of the molecule is O=C(CO[PH](=O)OCC(=O)OCCC(F)(F)F)OCCC(F)(F)F. The molecule has 0 unspecified atom stereocenters. The third kappa shape index (κ3) is 15.6. The first kappa shape index (κ1) is 22.7. The van der Waals surface area contributed by atoms with E-state index in [1.807, 2.05) is 0 Å². The summed E-state index contributed by atoms with van der Waals surface area (Å²) in [5.41, 5.74) is 0. The molecule has 0 amide bonds. The highest BCUT2D eigenvalue weighted by atomic mass is 31.1. The standard InChI is InChI=1S/C10H13F6O7P/c11-9(12,13)1-3-20-7(17)5-22-24(19)23-6-8(18)21-4-2-10(14,15)16/h24H,1-6H2. The van der Waals surface area contributed by atoms with E-state index < -0.39 is 71.8 Å². The van der Waals surface area contributed by atoms with Crippen molar-refractivity contribution in [3.63, 3.8) is 0 Å². The molecule has 0 radical (unpaired) electrons. The van der Waals surface area contributed by atoms with Crippen molar-refractivity contribution >= 4 is 20.2 Å². The lowest BCUT2D eigenvalue weighted by molar-refractivity contribution is -0.161. The maximum Gasteiger partial charge on any atom is 0.392 e. The third-order valence-corrected chi connectivity index (χ3v) is 2.67. The minimum absolute atomic E-state index is 0.945. The van der Waals surface area contributed by atoms with Crippen molar-refractivity contribution in [1.29, 1.82) is 0 Å². The summed E-state index contributed by atoms with van der Waals surface area (Å²) in [5.74, 6) is -2.48. The Kier molecular flexibility index (Phi) is 9.93. The highest BCUT2D eigenvalue weighted by Crippen LogP contribution is 2.24. The molecule has 0 fully saturated rings. The molecule has 0 aliphatic heterocycles. The second-order valence-electron chi connectivity index (χ2n) is 4.00. The lowest BCUT2D eigenvalue weighted by atomic mass is 10.4. The Morgan fingerprint density at radius 3 is 1.38 bits per heavy atom. The minimum atomic E-state index is -4.51. The Morgan fingerprint density at radius 2 is 1.08 bits per heavy atom. The zero-order chi connectivity index (χ0) is 18.8. The fraction of sp³-hybridized carbons (Fsp3) is 0.800. The lowest BCUT2D eigenvalue weighted by Gasteiger charge is -2.09. The van der Waals surface area contributed by atoms with Gasteiger partial charge in [0.05, 0.1) is 12.8 Å². The zero-order valence-corrected chi connectivity index (χ0v) is 12.9. The molecule has 0 rings (SSSR count). The van der Waals surface area contributed by atoms with Crippen LogP contribution in [0.4, 0.5) is 26.3 Å². The van der Waals surface area contributed by atoms with Crippen LogP contribution in [0.3, 0.4) is 0 Å². The van der Waals surface area contributed by atoms with E-state index in [0.717, 1.165) is 0 Å². The van der Waals surface area contributed by atoms with E-state index in [4.69, 9.17) is 0 Å². The van der Waals surface area contributed by atoms with Crippen molar-refractivity contribution in [3.05, 3.63) is 0 Å². The maximum absolute atomic E-state index is 11.8. The van der Waals surface area contributed by atoms with Gasteiger partial charge in [0.25, 0.3) is 0 Å². The Morgan fingerprint density at radius 1 is 0.750 bits per heavy atom. The van der Waals surface area contributed by atoms with Crippen LogP contribution in [0, 0.1) is 0 Å². The monoisotopic (exact) mass is 390 g/mol. The highest BCUT2D eigenvalue weighted by Gasteiger charge is 2.28. The molecule has 0 aliphatic carbocycles. The van der Waals surface area contributed by atoms with Crippen LogP contribution in [0.15, 0.2) is 0 Å². The Bertz CT molecular complexity index is 398. The Labute approximate surface area is 132 Å². The second-order valence-corrected chi connectivity index (χ2v) is 5.08. The summed E-state index contributed by atoms with van der Waals surface area (Å²) in [7, 11) is -3.38. The Balaban J connectivity index is 3.75. The van der Waals surface area contributed by atoms with Gasteiger partial charge in [-0.05, 0) is 0 Å². The fourth-order valence-electron chi connectivity index (χ4n) is 0.922. The summed E-state index contributed by atoms with van der Waals surface area (Å²) in [6.45, 7) is -3.87. The van der Waals surface area contributed by atoms with E-state index in [2.05, 4.69) is 18.5 Å². The van der Waals surface area contributed by atoms with E-state index in [9.17, 15) is 40.5 Å². The van der Waals surface area contributed by atoms with Crippen LogP contribution >= 0.6 is 8.25 Å². The van der Waals surface area contributed by atoms with Crippen LogP contribution in [0.1, 0.15) is 12.8 Å². The number of alkyl halides is 6. The van der Waals surface area contributed by atoms with Crippen LogP contribution in [-0.4, -0.2) is 50.7 Å². The molecular formula is C10H13F6O7P. The predicted octanol–water partition coefficient (Wildman–Crippen LogP) is 2.40. The molecule has 0 saturated heterocycles. The molecule has 0 saturated carbocycles. The number of hydrogen-bond donors (Lipinski definition) is 0. The van der Waals surface area contributed by atoms with Gasteiger partial charge in [-0.1, -0.05) is 0 Å². The summed E-state index contributed by atoms with van der Waals surface area (Å²) in [6.07, 6.45) is -11.8. The fourth-order valence-corrected chi connectivity index (χ4v) is 1.48. The smallest absolute Gasteiger partial charge is 0.392 e. The van der Waals surface area contributed by atoms with Crippen molar-refractivity contribution < 1.29 is 59.0 Å². The average Bonchev–Trinajstić information content (AvgIpc) is 2.40. The number of carbonyl (C=O) groups is 2. The van der Waals surface area contributed by atoms with Crippen molar-refractivity contribution in [2.45, 2.75) is 25.2 Å². The molecule has 0 aromatic carbocycles. The predicted molar refractivity (Wildman–Crippen MR) is 64.2 cm³/mol. The quantitative estimate of drug-likeness (QED) is 0.322. The minimum Gasteiger partial charge on any atom is -0.464 e. The van der Waals surface area contributed by atoms with E-state index in [1.165, 1.54) is 0 Å². The van der Waals surface area contributed by atoms with E-state index in [0.29, 0.717) is 0 Å². The molecule has 0 aromatic heterocycles. The first-order valence-corrected chi connectivity index (χ1v) is 7.36. The van der Waals surface area contributed by atoms with Gasteiger partial charge in [-0.25, -0.2) is 9.59 Å². The highest BCUT2D eigenvalue weighted by molar-refractivity contribution is 7.33. The molecule has 0 bridgehead atoms. The van der Waals surface area contributed by atoms with Gasteiger partial charge in [-0.15, -0.1) is 0 Å². The van der Waals surface area contributed by atoms with Gasteiger partial charge in [0.1, 0.15) is 13.2 Å². The van der Waals surface area contributed by atoms with Gasteiger partial charge in [-0.3, -0.25) is 13.6 Å². The normalized spacial score (nSPS) is 12.3. The number of rotatable bonds is 10. The molecule has 0 atom stereocenters. The van der Waals surface area contributed by atoms with Gasteiger partial charge in [0, 0.05) is 0 Å². The van der Waals surface area contributed by atoms with Crippen LogP contribution in [-0.2, 0) is 32.7 Å². The summed E-state index contributed by atoms with van der Waals surface area (Å²) in [6, 6.07) is 0. The molecule has 0 spiro atoms. The first-order chi connectivity index (χ1) is 10.9. The molecule has 7 nitrogen and oxygen atoms in total. The average molecular weight is 390 g/mol. The lowest BCUT2D eigenvalue weighted by Crippen LogP contribution is -2.18. The number of ether oxygens (including phenoxy) is 2. The third-order valence-electron chi connectivity index (χ3n) is 1.91. The number of carbonyl (C=O) groups excluding carboxylic acids is 2. The van der Waals surface area contributed by atoms with Crippen molar-refractivity contribution in [2.75, 3.05) is 26.4 Å². The summed E-state index contributed by atoms with van der Waals surface area (Å²) in [4.78, 5) is 21.8. The molecule has 0 aliphatic rings. The topological polar surface area (TPSA) is 88.1 Å². The van der Waals surface area contributed by atoms with E-state index in [-0.39, 0.29) is 0 Å². The summed E-state index contributed by atoms with van der Waals surface area (Å²) >= 11 is 0. The molecule has 0 heterocycles. The van der Waals surface area contributed by atoms with Crippen molar-refractivity contribution in [3.8, 4) is 0 Å². The molecule has 24 heavy (non-hydrogen) atoms. The molecular weight excluding hydrogens is 377 g/mol. The van der Waals surface area contributed by atoms with E-state index in [1.54, 1.807) is 0 Å². The molecule has 142 valence electrons. The van der Waals surface area contributed by atoms with Gasteiger partial charge in [-0.2, -0.15) is 26.3 Å². The summed E-state index contributed by atoms with van der Waals surface area (Å²) in [5, 5.41) is 0. The zero-order valence-electron chi connectivity index (χ0n) is 11.9. The van der Waals surface area contributed by atoms with Gasteiger partial charge >= 0.3 is 32.5 Å². The van der Waals surface area contributed by atoms with Crippen LogP contribution in [0.2, 0.25) is 0 Å². The van der Waals surface area contributed by atoms with Gasteiger partial charge in [0.15, 0.2) is 13.2 Å². The molecule has 0 N–H and O–H groups in total. The number of halogens is 6. The van der Waals surface area contributed by atoms with Gasteiger partial charge in [0.2, 0.25) is 0 Å². The maximum atomic E-state index is 11.8. The van der Waals surface area contributed by atoms with Crippen LogP contribution in [0.5, 0.6) is 0 Å². The largest absolute Gasteiger partial charge is 0.464 e. The van der Waals surface area contributed by atoms with Crippen LogP contribution in [0.25, 0.3) is 0 Å². The van der Waals surface area contributed by atoms with Crippen molar-refractivity contribution in [2.24, 2.45) is 0 Å². The number of esters is 2. The van der Waals surface area contributed by atoms with E-state index >= 15 is 0 Å². The molecule has 0 aromatic rings. The summed E-state index contributed by atoms with van der Waals surface area (Å²) < 4.78 is 98.4. The Hall–Kier alpha value is -1.33. The second kappa shape index (κ2) is 10.5. The van der Waals surface area contributed by atoms with Crippen molar-refractivity contribution in [1.82, 2.24) is 0 Å². The number of hydrogen-bond acceptors (Lipinski definition) is 7.